The van der Waals surface area contributed by atoms with Crippen LogP contribution in [0.1, 0.15) is 36.6 Å². The first-order chi connectivity index (χ1) is 10.2. The van der Waals surface area contributed by atoms with Gasteiger partial charge >= 0.3 is 0 Å². The van der Waals surface area contributed by atoms with Crippen molar-refractivity contribution >= 4 is 22.9 Å². The van der Waals surface area contributed by atoms with Gasteiger partial charge in [-0.1, -0.05) is 25.5 Å². The number of anilines is 1. The summed E-state index contributed by atoms with van der Waals surface area (Å²) in [7, 11) is 0. The van der Waals surface area contributed by atoms with Gasteiger partial charge in [0, 0.05) is 17.0 Å². The van der Waals surface area contributed by atoms with E-state index in [1.807, 2.05) is 29.6 Å². The molecule has 1 amide bonds. The number of rotatable bonds is 6. The third-order valence-corrected chi connectivity index (χ3v) is 4.09. The molecule has 1 heterocycles. The summed E-state index contributed by atoms with van der Waals surface area (Å²) in [6, 6.07) is 13.4. The van der Waals surface area contributed by atoms with Crippen LogP contribution in [0.3, 0.4) is 0 Å². The summed E-state index contributed by atoms with van der Waals surface area (Å²) in [6.45, 7) is 2.64. The maximum absolute atomic E-state index is 12.5. The first-order valence-corrected chi connectivity index (χ1v) is 7.95. The van der Waals surface area contributed by atoms with Crippen LogP contribution in [-0.4, -0.2) is 5.91 Å². The second-order valence-electron chi connectivity index (χ2n) is 4.82. The Morgan fingerprint density at radius 1 is 1.33 bits per heavy atom. The molecule has 0 aliphatic rings. The van der Waals surface area contributed by atoms with Crippen molar-refractivity contribution in [3.05, 3.63) is 52.2 Å². The topological polar surface area (TPSA) is 44.1 Å². The van der Waals surface area contributed by atoms with Gasteiger partial charge in [-0.15, -0.1) is 11.3 Å². The summed E-state index contributed by atoms with van der Waals surface area (Å²) in [5, 5.41) is 11.0. The number of nitriles is 1. The Hall–Kier alpha value is -2.12. The van der Waals surface area contributed by atoms with Gasteiger partial charge in [0.25, 0.3) is 0 Å². The molecular weight excluding hydrogens is 280 g/mol. The number of benzene rings is 1. The van der Waals surface area contributed by atoms with Crippen LogP contribution in [0.2, 0.25) is 0 Å². The summed E-state index contributed by atoms with van der Waals surface area (Å²) in [6.07, 6.45) is 2.42. The quantitative estimate of drug-likeness (QED) is 0.796. The molecule has 4 heteroatoms. The van der Waals surface area contributed by atoms with E-state index in [2.05, 4.69) is 13.0 Å². The maximum atomic E-state index is 12.5. The molecule has 2 rings (SSSR count). The summed E-state index contributed by atoms with van der Waals surface area (Å²) in [5.74, 6) is 0.111. The van der Waals surface area contributed by atoms with E-state index in [-0.39, 0.29) is 5.91 Å². The zero-order valence-corrected chi connectivity index (χ0v) is 12.9. The highest BCUT2D eigenvalue weighted by atomic mass is 32.1. The zero-order chi connectivity index (χ0) is 15.1. The van der Waals surface area contributed by atoms with Crippen LogP contribution in [0.4, 0.5) is 5.69 Å². The minimum Gasteiger partial charge on any atom is -0.307 e. The van der Waals surface area contributed by atoms with Crippen LogP contribution < -0.4 is 4.90 Å². The van der Waals surface area contributed by atoms with Gasteiger partial charge in [-0.2, -0.15) is 5.26 Å². The Morgan fingerprint density at radius 2 is 2.19 bits per heavy atom. The normalized spacial score (nSPS) is 10.1. The van der Waals surface area contributed by atoms with E-state index in [1.54, 1.807) is 28.4 Å². The number of carbonyl (C=O) groups excluding carboxylic acids is 1. The van der Waals surface area contributed by atoms with Crippen molar-refractivity contribution in [2.24, 2.45) is 0 Å². The molecule has 0 spiro atoms. The third-order valence-electron chi connectivity index (χ3n) is 3.23. The predicted molar refractivity (Wildman–Crippen MR) is 86.2 cm³/mol. The van der Waals surface area contributed by atoms with Crippen molar-refractivity contribution in [1.82, 2.24) is 0 Å². The number of thiophene rings is 1. The first-order valence-electron chi connectivity index (χ1n) is 7.07. The highest BCUT2D eigenvalue weighted by molar-refractivity contribution is 7.09. The number of hydrogen-bond donors (Lipinski definition) is 0. The molecule has 0 aliphatic heterocycles. The summed E-state index contributed by atoms with van der Waals surface area (Å²) >= 11 is 1.64. The second kappa shape index (κ2) is 7.61. The molecule has 21 heavy (non-hydrogen) atoms. The van der Waals surface area contributed by atoms with Gasteiger partial charge in [0.05, 0.1) is 18.2 Å². The summed E-state index contributed by atoms with van der Waals surface area (Å²) in [4.78, 5) is 15.4. The number of unbranched alkanes of at least 4 members (excludes halogenated alkanes) is 1. The Kier molecular flexibility index (Phi) is 5.53. The molecule has 108 valence electrons. The molecule has 0 radical (unpaired) electrons. The third kappa shape index (κ3) is 4.17. The van der Waals surface area contributed by atoms with E-state index >= 15 is 0 Å². The van der Waals surface area contributed by atoms with Gasteiger partial charge in [0.15, 0.2) is 0 Å². The average molecular weight is 298 g/mol. The van der Waals surface area contributed by atoms with Crippen LogP contribution in [0, 0.1) is 11.3 Å². The Balaban J connectivity index is 2.25. The lowest BCUT2D eigenvalue weighted by atomic mass is 10.1. The van der Waals surface area contributed by atoms with E-state index in [0.29, 0.717) is 18.5 Å². The van der Waals surface area contributed by atoms with Crippen molar-refractivity contribution in [2.75, 3.05) is 4.90 Å². The number of hydrogen-bond acceptors (Lipinski definition) is 3. The highest BCUT2D eigenvalue weighted by Crippen LogP contribution is 2.22. The fourth-order valence-electron chi connectivity index (χ4n) is 2.09. The molecule has 0 unspecified atom stereocenters. The molecule has 2 aromatic rings. The van der Waals surface area contributed by atoms with Crippen molar-refractivity contribution in [1.29, 1.82) is 5.26 Å². The van der Waals surface area contributed by atoms with Crippen LogP contribution in [0.25, 0.3) is 0 Å². The molecule has 0 saturated heterocycles. The van der Waals surface area contributed by atoms with Gasteiger partial charge < -0.3 is 4.90 Å². The standard InChI is InChI=1S/C17H18N2OS/c1-2-3-9-17(20)19(13-16-8-5-10-21-16)15-7-4-6-14(11-15)12-18/h4-8,10-11H,2-3,9,13H2,1H3. The molecule has 0 aliphatic carbocycles. The van der Waals surface area contributed by atoms with Crippen molar-refractivity contribution < 1.29 is 4.79 Å². The van der Waals surface area contributed by atoms with Crippen molar-refractivity contribution in [2.45, 2.75) is 32.7 Å². The summed E-state index contributed by atoms with van der Waals surface area (Å²) in [5.41, 5.74) is 1.37. The molecule has 0 bridgehead atoms. The molecule has 0 N–H and O–H groups in total. The van der Waals surface area contributed by atoms with Crippen LogP contribution >= 0.6 is 11.3 Å². The second-order valence-corrected chi connectivity index (χ2v) is 5.86. The van der Waals surface area contributed by atoms with E-state index in [1.165, 1.54) is 0 Å². The Morgan fingerprint density at radius 3 is 2.86 bits per heavy atom. The Bertz CT molecular complexity index is 628. The van der Waals surface area contributed by atoms with Gasteiger partial charge in [0.1, 0.15) is 0 Å². The van der Waals surface area contributed by atoms with Crippen molar-refractivity contribution in [3.8, 4) is 6.07 Å². The smallest absolute Gasteiger partial charge is 0.227 e. The number of carbonyl (C=O) groups is 1. The molecule has 3 nitrogen and oxygen atoms in total. The molecule has 0 saturated carbocycles. The fraction of sp³-hybridized carbons (Fsp3) is 0.294. The first kappa shape index (κ1) is 15.3. The van der Waals surface area contributed by atoms with Gasteiger partial charge in [-0.3, -0.25) is 4.79 Å². The van der Waals surface area contributed by atoms with Crippen LogP contribution in [-0.2, 0) is 11.3 Å². The van der Waals surface area contributed by atoms with E-state index in [9.17, 15) is 4.79 Å². The van der Waals surface area contributed by atoms with Crippen LogP contribution in [0.5, 0.6) is 0 Å². The minimum absolute atomic E-state index is 0.111. The van der Waals surface area contributed by atoms with Gasteiger partial charge in [-0.05, 0) is 36.1 Å². The average Bonchev–Trinajstić information content (AvgIpc) is 3.03. The maximum Gasteiger partial charge on any atom is 0.227 e. The lowest BCUT2D eigenvalue weighted by molar-refractivity contribution is -0.118. The summed E-state index contributed by atoms with van der Waals surface area (Å²) < 4.78 is 0. The van der Waals surface area contributed by atoms with E-state index in [4.69, 9.17) is 5.26 Å². The minimum atomic E-state index is 0.111. The molecule has 0 atom stereocenters. The molecular formula is C17H18N2OS. The van der Waals surface area contributed by atoms with Crippen LogP contribution in [0.15, 0.2) is 41.8 Å². The highest BCUT2D eigenvalue weighted by Gasteiger charge is 2.16. The van der Waals surface area contributed by atoms with E-state index < -0.39 is 0 Å². The van der Waals surface area contributed by atoms with Gasteiger partial charge in [-0.25, -0.2) is 0 Å². The van der Waals surface area contributed by atoms with Crippen molar-refractivity contribution in [3.63, 3.8) is 0 Å². The molecule has 0 fully saturated rings. The molecule has 1 aromatic heterocycles. The SMILES string of the molecule is CCCCC(=O)N(Cc1cccs1)c1cccc(C#N)c1. The number of amides is 1. The number of nitrogens with zero attached hydrogens (tertiary/aromatic N) is 2. The largest absolute Gasteiger partial charge is 0.307 e. The van der Waals surface area contributed by atoms with E-state index in [0.717, 1.165) is 23.4 Å². The lowest BCUT2D eigenvalue weighted by Crippen LogP contribution is -2.29. The Labute approximate surface area is 129 Å². The van der Waals surface area contributed by atoms with Gasteiger partial charge in [0.2, 0.25) is 5.91 Å². The molecule has 1 aromatic carbocycles. The zero-order valence-electron chi connectivity index (χ0n) is 12.1. The lowest BCUT2D eigenvalue weighted by Gasteiger charge is -2.22. The predicted octanol–water partition coefficient (Wildman–Crippen LogP) is 4.34. The monoisotopic (exact) mass is 298 g/mol. The fourth-order valence-corrected chi connectivity index (χ4v) is 2.78.